The Morgan fingerprint density at radius 1 is 1.40 bits per heavy atom. The highest BCUT2D eigenvalue weighted by Gasteiger charge is 2.32. The molecule has 1 atom stereocenters. The molecule has 1 fully saturated rings. The minimum atomic E-state index is -3.27. The molecule has 110 valence electrons. The Morgan fingerprint density at radius 2 is 2.05 bits per heavy atom. The van der Waals surface area contributed by atoms with Crippen molar-refractivity contribution in [1.82, 2.24) is 5.32 Å². The molecule has 0 spiro atoms. The molecular weight excluding hydrogens is 282 g/mol. The van der Waals surface area contributed by atoms with E-state index in [0.717, 1.165) is 6.26 Å². The zero-order valence-electron chi connectivity index (χ0n) is 11.1. The molecule has 1 heterocycles. The molecule has 0 radical (unpaired) electrons. The van der Waals surface area contributed by atoms with Crippen molar-refractivity contribution in [3.05, 3.63) is 29.8 Å². The quantitative estimate of drug-likeness (QED) is 0.814. The fourth-order valence-electron chi connectivity index (χ4n) is 1.94. The highest BCUT2D eigenvalue weighted by molar-refractivity contribution is 7.90. The van der Waals surface area contributed by atoms with Gasteiger partial charge in [-0.25, -0.2) is 8.42 Å². The van der Waals surface area contributed by atoms with Gasteiger partial charge in [-0.15, -0.1) is 0 Å². The lowest BCUT2D eigenvalue weighted by Gasteiger charge is -2.20. The van der Waals surface area contributed by atoms with E-state index in [0.29, 0.717) is 18.6 Å². The van der Waals surface area contributed by atoms with Gasteiger partial charge in [0.05, 0.1) is 11.5 Å². The van der Waals surface area contributed by atoms with Crippen molar-refractivity contribution in [2.24, 2.45) is 0 Å². The third kappa shape index (κ3) is 3.56. The van der Waals surface area contributed by atoms with Gasteiger partial charge in [0.25, 0.3) is 5.91 Å². The maximum atomic E-state index is 11.9. The van der Waals surface area contributed by atoms with Gasteiger partial charge in [-0.05, 0) is 24.3 Å². The summed E-state index contributed by atoms with van der Waals surface area (Å²) in [6.45, 7) is 0.801. The van der Waals surface area contributed by atoms with Crippen LogP contribution in [0.2, 0.25) is 0 Å². The Balaban J connectivity index is 1.99. The van der Waals surface area contributed by atoms with E-state index in [9.17, 15) is 18.3 Å². The molecule has 1 unspecified atom stereocenters. The molecule has 1 amide bonds. The standard InChI is InChI=1S/C13H17NO5S/c1-20(17,18)11-4-2-10(3-5-11)12(15)14-8-13(16)6-7-19-9-13/h2-5,16H,6-9H2,1H3,(H,14,15). The predicted molar refractivity (Wildman–Crippen MR) is 72.3 cm³/mol. The summed E-state index contributed by atoms with van der Waals surface area (Å²) in [5.74, 6) is -0.356. The van der Waals surface area contributed by atoms with E-state index in [-0.39, 0.29) is 24.0 Å². The number of hydrogen-bond donors (Lipinski definition) is 2. The van der Waals surface area contributed by atoms with Crippen molar-refractivity contribution >= 4 is 15.7 Å². The highest BCUT2D eigenvalue weighted by Crippen LogP contribution is 2.17. The predicted octanol–water partition coefficient (Wildman–Crippen LogP) is -0.0287. The third-order valence-electron chi connectivity index (χ3n) is 3.21. The van der Waals surface area contributed by atoms with Crippen LogP contribution in [0.4, 0.5) is 0 Å². The average molecular weight is 299 g/mol. The van der Waals surface area contributed by atoms with Crippen LogP contribution < -0.4 is 5.32 Å². The number of sulfone groups is 1. The fourth-order valence-corrected chi connectivity index (χ4v) is 2.57. The van der Waals surface area contributed by atoms with Crippen LogP contribution in [0.1, 0.15) is 16.8 Å². The average Bonchev–Trinajstić information content (AvgIpc) is 2.83. The zero-order chi connectivity index (χ0) is 14.8. The second kappa shape index (κ2) is 5.51. The van der Waals surface area contributed by atoms with Crippen molar-refractivity contribution in [1.29, 1.82) is 0 Å². The number of carbonyl (C=O) groups is 1. The fraction of sp³-hybridized carbons (Fsp3) is 0.462. The topological polar surface area (TPSA) is 92.7 Å². The molecule has 1 saturated heterocycles. The lowest BCUT2D eigenvalue weighted by Crippen LogP contribution is -2.43. The summed E-state index contributed by atoms with van der Waals surface area (Å²) in [5.41, 5.74) is -0.664. The first-order valence-corrected chi connectivity index (χ1v) is 8.08. The molecule has 2 rings (SSSR count). The minimum Gasteiger partial charge on any atom is -0.386 e. The monoisotopic (exact) mass is 299 g/mol. The van der Waals surface area contributed by atoms with Gasteiger partial charge in [0.1, 0.15) is 5.60 Å². The molecule has 20 heavy (non-hydrogen) atoms. The van der Waals surface area contributed by atoms with Crippen molar-refractivity contribution < 1.29 is 23.1 Å². The summed E-state index contributed by atoms with van der Waals surface area (Å²) >= 11 is 0. The van der Waals surface area contributed by atoms with Crippen LogP contribution in [0, 0.1) is 0 Å². The summed E-state index contributed by atoms with van der Waals surface area (Å²) in [7, 11) is -3.27. The first-order chi connectivity index (χ1) is 9.30. The van der Waals surface area contributed by atoms with Crippen LogP contribution in [0.3, 0.4) is 0 Å². The summed E-state index contributed by atoms with van der Waals surface area (Å²) in [6, 6.07) is 5.66. The van der Waals surface area contributed by atoms with E-state index in [1.165, 1.54) is 24.3 Å². The zero-order valence-corrected chi connectivity index (χ0v) is 11.9. The van der Waals surface area contributed by atoms with Crippen molar-refractivity contribution in [2.45, 2.75) is 16.9 Å². The van der Waals surface area contributed by atoms with Crippen LogP contribution in [-0.4, -0.2) is 51.0 Å². The Bertz CT molecular complexity index is 588. The first kappa shape index (κ1) is 15.0. The molecule has 1 aliphatic rings. The van der Waals surface area contributed by atoms with Crippen LogP contribution in [0.15, 0.2) is 29.2 Å². The third-order valence-corrected chi connectivity index (χ3v) is 4.33. The van der Waals surface area contributed by atoms with Gasteiger partial charge >= 0.3 is 0 Å². The van der Waals surface area contributed by atoms with E-state index < -0.39 is 15.4 Å². The molecule has 2 N–H and O–H groups in total. The van der Waals surface area contributed by atoms with Gasteiger partial charge in [0, 0.05) is 31.4 Å². The number of amides is 1. The molecule has 0 saturated carbocycles. The number of ether oxygens (including phenoxy) is 1. The summed E-state index contributed by atoms with van der Waals surface area (Å²) < 4.78 is 27.7. The van der Waals surface area contributed by atoms with Gasteiger partial charge < -0.3 is 15.2 Å². The van der Waals surface area contributed by atoms with E-state index in [1.54, 1.807) is 0 Å². The number of rotatable bonds is 4. The summed E-state index contributed by atoms with van der Waals surface area (Å²) in [4.78, 5) is 12.1. The maximum Gasteiger partial charge on any atom is 0.251 e. The van der Waals surface area contributed by atoms with Gasteiger partial charge in [0.2, 0.25) is 0 Å². The number of nitrogens with one attached hydrogen (secondary N) is 1. The maximum absolute atomic E-state index is 11.9. The van der Waals surface area contributed by atoms with Gasteiger partial charge in [-0.1, -0.05) is 0 Å². The Labute approximate surface area is 117 Å². The second-order valence-corrected chi connectivity index (χ2v) is 7.02. The van der Waals surface area contributed by atoms with Crippen molar-refractivity contribution in [2.75, 3.05) is 26.0 Å². The molecule has 1 aromatic rings. The largest absolute Gasteiger partial charge is 0.386 e. The molecule has 0 bridgehead atoms. The number of benzene rings is 1. The Morgan fingerprint density at radius 3 is 2.55 bits per heavy atom. The van der Waals surface area contributed by atoms with Crippen LogP contribution in [0.5, 0.6) is 0 Å². The Hall–Kier alpha value is -1.44. The van der Waals surface area contributed by atoms with Crippen LogP contribution in [-0.2, 0) is 14.6 Å². The molecule has 1 aliphatic heterocycles. The van der Waals surface area contributed by atoms with Gasteiger partial charge in [-0.2, -0.15) is 0 Å². The van der Waals surface area contributed by atoms with E-state index in [4.69, 9.17) is 4.74 Å². The second-order valence-electron chi connectivity index (χ2n) is 5.01. The van der Waals surface area contributed by atoms with Crippen molar-refractivity contribution in [3.8, 4) is 0 Å². The minimum absolute atomic E-state index is 0.111. The van der Waals surface area contributed by atoms with Crippen molar-refractivity contribution in [3.63, 3.8) is 0 Å². The molecule has 0 aliphatic carbocycles. The number of aliphatic hydroxyl groups is 1. The SMILES string of the molecule is CS(=O)(=O)c1ccc(C(=O)NCC2(O)CCOC2)cc1. The number of hydrogen-bond acceptors (Lipinski definition) is 5. The van der Waals surface area contributed by atoms with Gasteiger partial charge in [0.15, 0.2) is 9.84 Å². The summed E-state index contributed by atoms with van der Waals surface area (Å²) in [6.07, 6.45) is 1.60. The van der Waals surface area contributed by atoms with Crippen LogP contribution >= 0.6 is 0 Å². The van der Waals surface area contributed by atoms with Crippen LogP contribution in [0.25, 0.3) is 0 Å². The van der Waals surface area contributed by atoms with Gasteiger partial charge in [-0.3, -0.25) is 4.79 Å². The Kier molecular flexibility index (Phi) is 4.12. The molecule has 0 aromatic heterocycles. The highest BCUT2D eigenvalue weighted by atomic mass is 32.2. The molecular formula is C13H17NO5S. The molecule has 6 nitrogen and oxygen atoms in total. The molecule has 7 heteroatoms. The lowest BCUT2D eigenvalue weighted by atomic mass is 10.0. The van der Waals surface area contributed by atoms with E-state index in [1.807, 2.05) is 0 Å². The van der Waals surface area contributed by atoms with E-state index in [2.05, 4.69) is 5.32 Å². The number of carbonyl (C=O) groups excluding carboxylic acids is 1. The lowest BCUT2D eigenvalue weighted by molar-refractivity contribution is 0.0264. The first-order valence-electron chi connectivity index (χ1n) is 6.19. The smallest absolute Gasteiger partial charge is 0.251 e. The van der Waals surface area contributed by atoms with E-state index >= 15 is 0 Å². The summed E-state index contributed by atoms with van der Waals surface area (Å²) in [5, 5.41) is 12.6. The normalized spacial score (nSPS) is 22.7. The molecule has 1 aromatic carbocycles.